The highest BCUT2D eigenvalue weighted by Crippen LogP contribution is 2.21. The van der Waals surface area contributed by atoms with Gasteiger partial charge < -0.3 is 5.73 Å². The van der Waals surface area contributed by atoms with E-state index in [1.54, 1.807) is 22.8 Å². The van der Waals surface area contributed by atoms with E-state index < -0.39 is 0 Å². The summed E-state index contributed by atoms with van der Waals surface area (Å²) >= 11 is 7.36. The molecular weight excluding hydrogens is 334 g/mol. The van der Waals surface area contributed by atoms with Gasteiger partial charge in [-0.1, -0.05) is 37.2 Å². The fraction of sp³-hybridized carbons (Fsp3) is 0.438. The Kier molecular flexibility index (Phi) is 6.07. The molecule has 0 atom stereocenters. The summed E-state index contributed by atoms with van der Waals surface area (Å²) in [5.74, 6) is 0.610. The van der Waals surface area contributed by atoms with E-state index in [-0.39, 0.29) is 17.9 Å². The lowest BCUT2D eigenvalue weighted by atomic mass is 10.1. The van der Waals surface area contributed by atoms with Gasteiger partial charge in [-0.3, -0.25) is 14.2 Å². The van der Waals surface area contributed by atoms with E-state index in [9.17, 15) is 9.59 Å². The van der Waals surface area contributed by atoms with E-state index >= 15 is 0 Å². The minimum Gasteiger partial charge on any atom is -0.370 e. The van der Waals surface area contributed by atoms with Crippen LogP contribution in [0.4, 0.5) is 0 Å². The van der Waals surface area contributed by atoms with Gasteiger partial charge in [0.25, 0.3) is 5.56 Å². The molecule has 2 aromatic rings. The molecule has 5 nitrogen and oxygen atoms in total. The van der Waals surface area contributed by atoms with E-state index in [2.05, 4.69) is 18.8 Å². The number of thioether (sulfide) groups is 1. The first kappa shape index (κ1) is 17.8. The van der Waals surface area contributed by atoms with E-state index in [0.29, 0.717) is 39.3 Å². The topological polar surface area (TPSA) is 78.0 Å². The smallest absolute Gasteiger partial charge is 0.262 e. The van der Waals surface area contributed by atoms with Gasteiger partial charge in [-0.15, -0.1) is 0 Å². The minimum atomic E-state index is -0.364. The first-order valence-corrected chi connectivity index (χ1v) is 8.86. The van der Waals surface area contributed by atoms with Crippen LogP contribution in [0.1, 0.15) is 26.7 Å². The highest BCUT2D eigenvalue weighted by Gasteiger charge is 2.13. The number of carbonyl (C=O) groups is 1. The number of carbonyl (C=O) groups excluding carboxylic acids is 1. The summed E-state index contributed by atoms with van der Waals surface area (Å²) in [6.45, 7) is 4.82. The molecule has 0 radical (unpaired) electrons. The third-order valence-electron chi connectivity index (χ3n) is 3.39. The van der Waals surface area contributed by atoms with Crippen molar-refractivity contribution in [2.24, 2.45) is 11.7 Å². The molecular formula is C16H20ClN3O2S. The molecule has 7 heteroatoms. The lowest BCUT2D eigenvalue weighted by molar-refractivity contribution is -0.117. The van der Waals surface area contributed by atoms with Gasteiger partial charge in [-0.05, 0) is 30.5 Å². The average Bonchev–Trinajstić information content (AvgIpc) is 2.45. The van der Waals surface area contributed by atoms with Gasteiger partial charge in [0.2, 0.25) is 5.91 Å². The standard InChI is InChI=1S/C16H20ClN3O2S/c1-10(2)5-7-20-15(22)12-4-3-11(17)9-13(12)19-16(20)23-8-6-14(18)21/h3-4,9-10H,5-8H2,1-2H3,(H2,18,21). The van der Waals surface area contributed by atoms with Gasteiger partial charge in [0.1, 0.15) is 0 Å². The number of benzene rings is 1. The first-order chi connectivity index (χ1) is 10.9. The van der Waals surface area contributed by atoms with Crippen LogP contribution in [-0.2, 0) is 11.3 Å². The molecule has 0 aliphatic rings. The van der Waals surface area contributed by atoms with Crippen molar-refractivity contribution in [3.8, 4) is 0 Å². The summed E-state index contributed by atoms with van der Waals surface area (Å²) in [7, 11) is 0. The van der Waals surface area contributed by atoms with Crippen LogP contribution in [-0.4, -0.2) is 21.2 Å². The number of primary amides is 1. The predicted molar refractivity (Wildman–Crippen MR) is 95.0 cm³/mol. The molecule has 1 aromatic carbocycles. The Balaban J connectivity index is 2.44. The number of amides is 1. The molecule has 124 valence electrons. The number of nitrogens with zero attached hydrogens (tertiary/aromatic N) is 2. The number of aromatic nitrogens is 2. The van der Waals surface area contributed by atoms with Crippen LogP contribution in [0.5, 0.6) is 0 Å². The molecule has 0 unspecified atom stereocenters. The molecule has 1 aromatic heterocycles. The van der Waals surface area contributed by atoms with E-state index in [0.717, 1.165) is 6.42 Å². The van der Waals surface area contributed by atoms with Crippen molar-refractivity contribution >= 4 is 40.2 Å². The fourth-order valence-corrected chi connectivity index (χ4v) is 3.26. The maximum absolute atomic E-state index is 12.7. The Morgan fingerprint density at radius 2 is 2.17 bits per heavy atom. The van der Waals surface area contributed by atoms with Crippen molar-refractivity contribution in [2.75, 3.05) is 5.75 Å². The number of nitrogens with two attached hydrogens (primary N) is 1. The highest BCUT2D eigenvalue weighted by molar-refractivity contribution is 7.99. The third-order valence-corrected chi connectivity index (χ3v) is 4.61. The molecule has 0 spiro atoms. The maximum atomic E-state index is 12.7. The second kappa shape index (κ2) is 7.84. The van der Waals surface area contributed by atoms with Crippen LogP contribution in [0.25, 0.3) is 10.9 Å². The fourth-order valence-electron chi connectivity index (χ4n) is 2.11. The molecule has 0 aliphatic heterocycles. The average molecular weight is 354 g/mol. The molecule has 23 heavy (non-hydrogen) atoms. The summed E-state index contributed by atoms with van der Waals surface area (Å²) in [6, 6.07) is 5.08. The number of hydrogen-bond acceptors (Lipinski definition) is 4. The van der Waals surface area contributed by atoms with Crippen molar-refractivity contribution < 1.29 is 4.79 Å². The van der Waals surface area contributed by atoms with Gasteiger partial charge in [-0.25, -0.2) is 4.98 Å². The SMILES string of the molecule is CC(C)CCn1c(SCCC(N)=O)nc2cc(Cl)ccc2c1=O. The molecule has 0 saturated heterocycles. The van der Waals surface area contributed by atoms with Crippen molar-refractivity contribution in [2.45, 2.75) is 38.4 Å². The Labute approximate surface area is 144 Å². The van der Waals surface area contributed by atoms with E-state index in [1.807, 2.05) is 0 Å². The summed E-state index contributed by atoms with van der Waals surface area (Å²) < 4.78 is 1.68. The largest absolute Gasteiger partial charge is 0.370 e. The molecule has 0 aliphatic carbocycles. The van der Waals surface area contributed by atoms with E-state index in [1.165, 1.54) is 11.8 Å². The van der Waals surface area contributed by atoms with Crippen LogP contribution in [0.3, 0.4) is 0 Å². The van der Waals surface area contributed by atoms with Crippen LogP contribution in [0.15, 0.2) is 28.2 Å². The van der Waals surface area contributed by atoms with Crippen LogP contribution in [0.2, 0.25) is 5.02 Å². The zero-order valence-corrected chi connectivity index (χ0v) is 14.8. The molecule has 1 amide bonds. The predicted octanol–water partition coefficient (Wildman–Crippen LogP) is 3.06. The van der Waals surface area contributed by atoms with Crippen molar-refractivity contribution in [3.05, 3.63) is 33.6 Å². The minimum absolute atomic E-state index is 0.0751. The second-order valence-corrected chi connectivity index (χ2v) is 7.26. The van der Waals surface area contributed by atoms with Gasteiger partial charge in [0.05, 0.1) is 10.9 Å². The Hall–Kier alpha value is -1.53. The van der Waals surface area contributed by atoms with Gasteiger partial charge >= 0.3 is 0 Å². The summed E-state index contributed by atoms with van der Waals surface area (Å²) in [5.41, 5.74) is 5.67. The highest BCUT2D eigenvalue weighted by atomic mass is 35.5. The van der Waals surface area contributed by atoms with E-state index in [4.69, 9.17) is 17.3 Å². The zero-order valence-electron chi connectivity index (χ0n) is 13.2. The van der Waals surface area contributed by atoms with Crippen molar-refractivity contribution in [1.29, 1.82) is 0 Å². The molecule has 1 heterocycles. The van der Waals surface area contributed by atoms with Gasteiger partial charge in [-0.2, -0.15) is 0 Å². The molecule has 2 N–H and O–H groups in total. The second-order valence-electron chi connectivity index (χ2n) is 5.76. The lowest BCUT2D eigenvalue weighted by Gasteiger charge is -2.14. The Morgan fingerprint density at radius 1 is 1.43 bits per heavy atom. The monoisotopic (exact) mass is 353 g/mol. The number of fused-ring (bicyclic) bond motifs is 1. The van der Waals surface area contributed by atoms with Crippen LogP contribution < -0.4 is 11.3 Å². The lowest BCUT2D eigenvalue weighted by Crippen LogP contribution is -2.24. The molecule has 0 fully saturated rings. The summed E-state index contributed by atoms with van der Waals surface area (Å²) in [4.78, 5) is 28.2. The summed E-state index contributed by atoms with van der Waals surface area (Å²) in [6.07, 6.45) is 1.13. The van der Waals surface area contributed by atoms with Crippen LogP contribution >= 0.6 is 23.4 Å². The molecule has 2 rings (SSSR count). The Bertz CT molecular complexity index is 774. The third kappa shape index (κ3) is 4.72. The number of hydrogen-bond donors (Lipinski definition) is 1. The summed E-state index contributed by atoms with van der Waals surface area (Å²) in [5, 5.41) is 1.70. The maximum Gasteiger partial charge on any atom is 0.262 e. The molecule has 0 saturated carbocycles. The first-order valence-electron chi connectivity index (χ1n) is 7.49. The van der Waals surface area contributed by atoms with Crippen molar-refractivity contribution in [3.63, 3.8) is 0 Å². The van der Waals surface area contributed by atoms with Crippen LogP contribution in [0, 0.1) is 5.92 Å². The quantitative estimate of drug-likeness (QED) is 0.613. The number of halogens is 1. The van der Waals surface area contributed by atoms with Crippen molar-refractivity contribution in [1.82, 2.24) is 9.55 Å². The normalized spacial score (nSPS) is 11.3. The number of rotatable bonds is 7. The Morgan fingerprint density at radius 3 is 2.83 bits per heavy atom. The van der Waals surface area contributed by atoms with Gasteiger partial charge in [0.15, 0.2) is 5.16 Å². The zero-order chi connectivity index (χ0) is 17.0. The van der Waals surface area contributed by atoms with Gasteiger partial charge in [0, 0.05) is 23.7 Å². The molecule has 0 bridgehead atoms.